The van der Waals surface area contributed by atoms with Crippen molar-refractivity contribution < 1.29 is 28.2 Å². The van der Waals surface area contributed by atoms with E-state index in [0.29, 0.717) is 35.7 Å². The van der Waals surface area contributed by atoms with E-state index in [1.54, 1.807) is 37.1 Å². The molecule has 1 saturated carbocycles. The fourth-order valence-electron chi connectivity index (χ4n) is 6.27. The summed E-state index contributed by atoms with van der Waals surface area (Å²) in [6.45, 7) is 3.60. The Hall–Kier alpha value is -2.21. The minimum Gasteiger partial charge on any atom is -0.394 e. The normalized spacial score (nSPS) is 23.9. The van der Waals surface area contributed by atoms with Crippen molar-refractivity contribution in [1.82, 2.24) is 14.5 Å². The number of likely N-dealkylation sites (tertiary alicyclic amines) is 1. The van der Waals surface area contributed by atoms with Crippen LogP contribution >= 0.6 is 23.2 Å². The highest BCUT2D eigenvalue weighted by Crippen LogP contribution is 2.52. The average molecular weight is 669 g/mol. The molecule has 2 aromatic rings. The van der Waals surface area contributed by atoms with Gasteiger partial charge in [0.15, 0.2) is 0 Å². The van der Waals surface area contributed by atoms with E-state index in [-0.39, 0.29) is 48.9 Å². The Labute approximate surface area is 270 Å². The van der Waals surface area contributed by atoms with Crippen LogP contribution in [0.25, 0.3) is 0 Å². The minimum atomic E-state index is -3.50. The molecule has 9 nitrogen and oxygen atoms in total. The van der Waals surface area contributed by atoms with Crippen LogP contribution in [-0.2, 0) is 19.6 Å². The lowest BCUT2D eigenvalue weighted by atomic mass is 9.67. The third kappa shape index (κ3) is 7.95. The molecule has 4 rings (SSSR count). The first-order valence-electron chi connectivity index (χ1n) is 15.1. The maximum atomic E-state index is 14.7. The number of carbonyl (C=O) groups excluding carboxylic acids is 2. The Kier molecular flexibility index (Phi) is 11.4. The van der Waals surface area contributed by atoms with E-state index in [0.717, 1.165) is 11.1 Å². The monoisotopic (exact) mass is 667 g/mol. The summed E-state index contributed by atoms with van der Waals surface area (Å²) in [7, 11) is -1.92. The van der Waals surface area contributed by atoms with Gasteiger partial charge < -0.3 is 20.4 Å². The molecular formula is C32H43Cl2N3O6S. The van der Waals surface area contributed by atoms with E-state index < -0.39 is 40.2 Å². The van der Waals surface area contributed by atoms with Gasteiger partial charge in [0.2, 0.25) is 21.8 Å². The second-order valence-electron chi connectivity index (χ2n) is 12.4. The first-order chi connectivity index (χ1) is 20.8. The van der Waals surface area contributed by atoms with Gasteiger partial charge in [-0.25, -0.2) is 12.7 Å². The standard InChI is InChI=1S/C32H43Cl2N3O6S/c1-4-25(19-36(3)44(42,43)27-12-13-27)37-30(21-8-10-23(33)11-9-21)28(22-6-5-7-24(34)16-22)17-32(2,31(37)41)18-29(40)35-15-14-26(39)20-38/h5-11,16,25-28,30,38-39H,4,12-15,17-20H2,1-3H3,(H,35,40)/t25?,26?,28-,30-,32-/m1/s1. The topological polar surface area (TPSA) is 127 Å². The molecule has 2 fully saturated rings. The number of amides is 2. The summed E-state index contributed by atoms with van der Waals surface area (Å²) in [5.41, 5.74) is 0.626. The van der Waals surface area contributed by atoms with Gasteiger partial charge >= 0.3 is 0 Å². The third-order valence-corrected chi connectivity index (χ3v) is 11.7. The molecule has 1 aliphatic heterocycles. The Morgan fingerprint density at radius 3 is 2.41 bits per heavy atom. The van der Waals surface area contributed by atoms with Gasteiger partial charge in [0.05, 0.1) is 29.4 Å². The number of rotatable bonds is 14. The molecule has 242 valence electrons. The SMILES string of the molecule is CCC(CN(C)S(=O)(=O)C1CC1)N1C(=O)[C@@](C)(CC(=O)NCCC(O)CO)C[C@H](c2cccc(Cl)c2)[C@H]1c1ccc(Cl)cc1. The van der Waals surface area contributed by atoms with Crippen LogP contribution < -0.4 is 5.32 Å². The highest BCUT2D eigenvalue weighted by molar-refractivity contribution is 7.90. The van der Waals surface area contributed by atoms with Gasteiger partial charge in [0, 0.05) is 48.6 Å². The summed E-state index contributed by atoms with van der Waals surface area (Å²) in [6, 6.07) is 13.9. The van der Waals surface area contributed by atoms with E-state index in [4.69, 9.17) is 28.3 Å². The lowest BCUT2D eigenvalue weighted by Gasteiger charge is -2.52. The lowest BCUT2D eigenvalue weighted by molar-refractivity contribution is -0.157. The number of likely N-dealkylation sites (N-methyl/N-ethyl adjacent to an activating group) is 1. The van der Waals surface area contributed by atoms with Gasteiger partial charge in [0.25, 0.3) is 0 Å². The Balaban J connectivity index is 1.77. The summed E-state index contributed by atoms with van der Waals surface area (Å²) >= 11 is 12.7. The first kappa shape index (κ1) is 34.7. The molecule has 44 heavy (non-hydrogen) atoms. The third-order valence-electron chi connectivity index (χ3n) is 8.86. The van der Waals surface area contributed by atoms with E-state index >= 15 is 0 Å². The van der Waals surface area contributed by atoms with Crippen molar-refractivity contribution in [2.75, 3.05) is 26.7 Å². The number of hydrogen-bond donors (Lipinski definition) is 3. The molecule has 1 aliphatic carbocycles. The number of aliphatic hydroxyl groups is 2. The molecule has 0 radical (unpaired) electrons. The smallest absolute Gasteiger partial charge is 0.229 e. The summed E-state index contributed by atoms with van der Waals surface area (Å²) in [5, 5.41) is 22.3. The average Bonchev–Trinajstić information content (AvgIpc) is 3.84. The van der Waals surface area contributed by atoms with Gasteiger partial charge in [0.1, 0.15) is 0 Å². The Morgan fingerprint density at radius 1 is 1.14 bits per heavy atom. The van der Waals surface area contributed by atoms with Crippen molar-refractivity contribution >= 4 is 45.0 Å². The number of nitrogens with one attached hydrogen (secondary N) is 1. The summed E-state index contributed by atoms with van der Waals surface area (Å²) in [6.07, 6.45) is 1.24. The molecule has 2 aromatic carbocycles. The molecule has 2 unspecified atom stereocenters. The summed E-state index contributed by atoms with van der Waals surface area (Å²) < 4.78 is 27.7. The first-order valence-corrected chi connectivity index (χ1v) is 17.4. The van der Waals surface area contributed by atoms with Gasteiger partial charge in [-0.05, 0) is 67.5 Å². The minimum absolute atomic E-state index is 0.103. The molecule has 1 saturated heterocycles. The van der Waals surface area contributed by atoms with Gasteiger partial charge in [-0.1, -0.05) is 61.3 Å². The van der Waals surface area contributed by atoms with Crippen LogP contribution in [0.3, 0.4) is 0 Å². The molecule has 0 spiro atoms. The number of carbonyl (C=O) groups is 2. The van der Waals surface area contributed by atoms with E-state index in [9.17, 15) is 23.1 Å². The van der Waals surface area contributed by atoms with Crippen LogP contribution in [0.15, 0.2) is 48.5 Å². The van der Waals surface area contributed by atoms with Crippen molar-refractivity contribution in [1.29, 1.82) is 0 Å². The van der Waals surface area contributed by atoms with Gasteiger partial charge in [-0.3, -0.25) is 9.59 Å². The van der Waals surface area contributed by atoms with E-state index in [2.05, 4.69) is 5.32 Å². The number of sulfonamides is 1. The molecule has 3 N–H and O–H groups in total. The van der Waals surface area contributed by atoms with Crippen LogP contribution in [0.2, 0.25) is 10.0 Å². The molecule has 0 bridgehead atoms. The second kappa shape index (κ2) is 14.5. The fraction of sp³-hybridized carbons (Fsp3) is 0.562. The van der Waals surface area contributed by atoms with Crippen molar-refractivity contribution in [2.45, 2.75) is 81.7 Å². The molecule has 2 amide bonds. The molecule has 1 heterocycles. The van der Waals surface area contributed by atoms with Gasteiger partial charge in [-0.15, -0.1) is 0 Å². The van der Waals surface area contributed by atoms with E-state index in [1.165, 1.54) is 4.31 Å². The van der Waals surface area contributed by atoms with Crippen molar-refractivity contribution in [3.8, 4) is 0 Å². The zero-order valence-corrected chi connectivity index (χ0v) is 27.8. The zero-order chi connectivity index (χ0) is 32.2. The molecule has 2 aliphatic rings. The van der Waals surface area contributed by atoms with Crippen molar-refractivity contribution in [2.24, 2.45) is 5.41 Å². The molecule has 12 heteroatoms. The number of aliphatic hydroxyl groups excluding tert-OH is 2. The van der Waals surface area contributed by atoms with E-state index in [1.807, 2.05) is 37.3 Å². The number of benzene rings is 2. The molecule has 0 aromatic heterocycles. The zero-order valence-electron chi connectivity index (χ0n) is 25.5. The highest BCUT2D eigenvalue weighted by Gasteiger charge is 2.52. The Bertz CT molecular complexity index is 1420. The number of piperidine rings is 1. The maximum absolute atomic E-state index is 14.7. The summed E-state index contributed by atoms with van der Waals surface area (Å²) in [5.74, 6) is -0.853. The van der Waals surface area contributed by atoms with Gasteiger partial charge in [-0.2, -0.15) is 0 Å². The number of halogens is 2. The van der Waals surface area contributed by atoms with Crippen molar-refractivity contribution in [3.05, 3.63) is 69.7 Å². The molecule has 5 atom stereocenters. The van der Waals surface area contributed by atoms with Crippen LogP contribution in [0.4, 0.5) is 0 Å². The van der Waals surface area contributed by atoms with Crippen LogP contribution in [0.1, 0.15) is 75.5 Å². The van der Waals surface area contributed by atoms with Crippen molar-refractivity contribution in [3.63, 3.8) is 0 Å². The van der Waals surface area contributed by atoms with Crippen LogP contribution in [-0.4, -0.2) is 83.8 Å². The maximum Gasteiger partial charge on any atom is 0.229 e. The Morgan fingerprint density at radius 2 is 1.82 bits per heavy atom. The van der Waals surface area contributed by atoms with Crippen LogP contribution in [0.5, 0.6) is 0 Å². The fourth-order valence-corrected chi connectivity index (χ4v) is 8.21. The second-order valence-corrected chi connectivity index (χ2v) is 15.6. The lowest BCUT2D eigenvalue weighted by Crippen LogP contribution is -2.58. The quantitative estimate of drug-likeness (QED) is 0.272. The predicted molar refractivity (Wildman–Crippen MR) is 172 cm³/mol. The molecular weight excluding hydrogens is 625 g/mol. The number of hydrogen-bond acceptors (Lipinski definition) is 6. The number of nitrogens with zero attached hydrogens (tertiary/aromatic N) is 2. The largest absolute Gasteiger partial charge is 0.394 e. The van der Waals surface area contributed by atoms with Crippen LogP contribution in [0, 0.1) is 5.41 Å². The summed E-state index contributed by atoms with van der Waals surface area (Å²) in [4.78, 5) is 29.7. The predicted octanol–water partition coefficient (Wildman–Crippen LogP) is 4.51. The highest BCUT2D eigenvalue weighted by atomic mass is 35.5.